The van der Waals surface area contributed by atoms with Crippen LogP contribution in [0.25, 0.3) is 11.0 Å². The van der Waals surface area contributed by atoms with E-state index in [1.807, 2.05) is 49.9 Å². The molecule has 1 aromatic carbocycles. The maximum atomic E-state index is 13.7. The van der Waals surface area contributed by atoms with Gasteiger partial charge in [0.2, 0.25) is 5.91 Å². The summed E-state index contributed by atoms with van der Waals surface area (Å²) in [7, 11) is 1.62. The average Bonchev–Trinajstić information content (AvgIpc) is 3.24. The SMILES string of the molecule is CCCCCOc1cc(N2CCCN(Cc3ccnc4c3c(Cl)cn4C(=O)CC(C)(C)C)C2=O)ccc1OC. The van der Waals surface area contributed by atoms with Crippen molar-refractivity contribution in [2.45, 2.75) is 66.3 Å². The maximum absolute atomic E-state index is 13.7. The molecular weight excluding hydrogens is 516 g/mol. The first-order chi connectivity index (χ1) is 18.6. The number of pyridine rings is 1. The summed E-state index contributed by atoms with van der Waals surface area (Å²) in [6, 6.07) is 7.40. The van der Waals surface area contributed by atoms with Crippen LogP contribution in [0.5, 0.6) is 11.5 Å². The Labute approximate surface area is 235 Å². The molecule has 0 radical (unpaired) electrons. The van der Waals surface area contributed by atoms with E-state index >= 15 is 0 Å². The fourth-order valence-corrected chi connectivity index (χ4v) is 5.19. The lowest BCUT2D eigenvalue weighted by Crippen LogP contribution is -2.49. The second-order valence-corrected chi connectivity index (χ2v) is 11.7. The van der Waals surface area contributed by atoms with E-state index in [1.165, 1.54) is 4.57 Å². The number of nitrogens with zero attached hydrogens (tertiary/aromatic N) is 4. The van der Waals surface area contributed by atoms with Crippen molar-refractivity contribution < 1.29 is 19.1 Å². The molecule has 8 nitrogen and oxygen atoms in total. The molecule has 0 aliphatic carbocycles. The molecule has 9 heteroatoms. The quantitative estimate of drug-likeness (QED) is 0.248. The molecule has 0 N–H and O–H groups in total. The van der Waals surface area contributed by atoms with E-state index in [-0.39, 0.29) is 17.4 Å². The Kier molecular flexibility index (Phi) is 9.05. The number of halogens is 1. The van der Waals surface area contributed by atoms with Gasteiger partial charge < -0.3 is 14.4 Å². The molecule has 0 spiro atoms. The van der Waals surface area contributed by atoms with Crippen LogP contribution in [0.4, 0.5) is 10.5 Å². The van der Waals surface area contributed by atoms with Crippen molar-refractivity contribution in [3.63, 3.8) is 0 Å². The number of methoxy groups -OCH3 is 1. The van der Waals surface area contributed by atoms with Crippen molar-refractivity contribution >= 4 is 40.3 Å². The van der Waals surface area contributed by atoms with E-state index in [9.17, 15) is 9.59 Å². The third kappa shape index (κ3) is 6.67. The number of rotatable bonds is 10. The summed E-state index contributed by atoms with van der Waals surface area (Å²) in [5.41, 5.74) is 1.99. The number of hydrogen-bond donors (Lipinski definition) is 0. The van der Waals surface area contributed by atoms with Gasteiger partial charge in [-0.2, -0.15) is 0 Å². The first kappa shape index (κ1) is 28.7. The summed E-state index contributed by atoms with van der Waals surface area (Å²) >= 11 is 6.63. The number of aromatic nitrogens is 2. The number of carbonyl (C=O) groups is 2. The lowest BCUT2D eigenvalue weighted by Gasteiger charge is -2.36. The van der Waals surface area contributed by atoms with E-state index in [2.05, 4.69) is 11.9 Å². The number of anilines is 1. The van der Waals surface area contributed by atoms with E-state index in [4.69, 9.17) is 21.1 Å². The number of carbonyl (C=O) groups excluding carboxylic acids is 2. The molecule has 2 amide bonds. The number of unbranched alkanes of at least 4 members (excludes halogenated alkanes) is 2. The van der Waals surface area contributed by atoms with Crippen molar-refractivity contribution in [3.8, 4) is 11.5 Å². The van der Waals surface area contributed by atoms with Gasteiger partial charge in [0.25, 0.3) is 0 Å². The highest BCUT2D eigenvalue weighted by Crippen LogP contribution is 2.34. The molecule has 3 aromatic rings. The number of hydrogen-bond acceptors (Lipinski definition) is 5. The highest BCUT2D eigenvalue weighted by Gasteiger charge is 2.29. The summed E-state index contributed by atoms with van der Waals surface area (Å²) in [5.74, 6) is 1.23. The first-order valence-electron chi connectivity index (χ1n) is 13.7. The Morgan fingerprint density at radius 2 is 1.92 bits per heavy atom. The fourth-order valence-electron chi connectivity index (χ4n) is 4.89. The van der Waals surface area contributed by atoms with Gasteiger partial charge in [-0.1, -0.05) is 52.1 Å². The number of fused-ring (bicyclic) bond motifs is 1. The maximum Gasteiger partial charge on any atom is 0.324 e. The minimum atomic E-state index is -0.163. The Balaban J connectivity index is 1.56. The standard InChI is InChI=1S/C30H39ClN4O4/c1-6-7-8-16-39-25-17-22(10-11-24(25)38-5)34-15-9-14-33(29(34)37)19-21-12-13-32-28-27(21)23(31)20-35(28)26(36)18-30(2,3)4/h10-13,17,20H,6-9,14-16,18-19H2,1-5H3. The van der Waals surface area contributed by atoms with Gasteiger partial charge in [0.05, 0.1) is 18.7 Å². The second-order valence-electron chi connectivity index (χ2n) is 11.2. The highest BCUT2D eigenvalue weighted by molar-refractivity contribution is 6.36. The first-order valence-corrected chi connectivity index (χ1v) is 14.1. The van der Waals surface area contributed by atoms with Crippen LogP contribution >= 0.6 is 11.6 Å². The van der Waals surface area contributed by atoms with Crippen molar-refractivity contribution in [3.05, 3.63) is 47.2 Å². The molecule has 1 aliphatic rings. The molecule has 0 atom stereocenters. The zero-order valence-corrected chi connectivity index (χ0v) is 24.4. The van der Waals surface area contributed by atoms with E-state index in [0.717, 1.165) is 36.9 Å². The number of amides is 2. The molecule has 1 aliphatic heterocycles. The van der Waals surface area contributed by atoms with E-state index < -0.39 is 0 Å². The minimum Gasteiger partial charge on any atom is -0.493 e. The van der Waals surface area contributed by atoms with Crippen LogP contribution < -0.4 is 14.4 Å². The van der Waals surface area contributed by atoms with Crippen LogP contribution in [0.15, 0.2) is 36.7 Å². The summed E-state index contributed by atoms with van der Waals surface area (Å²) in [6.45, 7) is 10.4. The van der Waals surface area contributed by atoms with Crippen molar-refractivity contribution in [2.24, 2.45) is 5.41 Å². The molecule has 0 bridgehead atoms. The predicted octanol–water partition coefficient (Wildman–Crippen LogP) is 7.18. The number of benzene rings is 1. The lowest BCUT2D eigenvalue weighted by atomic mass is 9.92. The van der Waals surface area contributed by atoms with E-state index in [0.29, 0.717) is 60.2 Å². The van der Waals surface area contributed by atoms with Crippen LogP contribution in [0.3, 0.4) is 0 Å². The molecule has 0 unspecified atom stereocenters. The van der Waals surface area contributed by atoms with Gasteiger partial charge in [0.1, 0.15) is 5.65 Å². The van der Waals surface area contributed by atoms with Gasteiger partial charge in [0, 0.05) is 55.6 Å². The molecule has 210 valence electrons. The van der Waals surface area contributed by atoms with Gasteiger partial charge in [-0.15, -0.1) is 0 Å². The summed E-state index contributed by atoms with van der Waals surface area (Å²) < 4.78 is 13.0. The summed E-state index contributed by atoms with van der Waals surface area (Å²) in [4.78, 5) is 34.7. The fraction of sp³-hybridized carbons (Fsp3) is 0.500. The smallest absolute Gasteiger partial charge is 0.324 e. The van der Waals surface area contributed by atoms with Crippen molar-refractivity contribution in [2.75, 3.05) is 31.7 Å². The Morgan fingerprint density at radius 3 is 2.64 bits per heavy atom. The van der Waals surface area contributed by atoms with Gasteiger partial charge in [0.15, 0.2) is 11.5 Å². The molecule has 4 rings (SSSR count). The van der Waals surface area contributed by atoms with Crippen LogP contribution in [0.1, 0.15) is 70.2 Å². The lowest BCUT2D eigenvalue weighted by molar-refractivity contribution is 0.0861. The van der Waals surface area contributed by atoms with Crippen LogP contribution in [0.2, 0.25) is 5.02 Å². The third-order valence-corrected chi connectivity index (χ3v) is 7.10. The van der Waals surface area contributed by atoms with Crippen LogP contribution in [0, 0.1) is 5.41 Å². The summed E-state index contributed by atoms with van der Waals surface area (Å²) in [5, 5.41) is 1.16. The minimum absolute atomic E-state index is 0.0588. The normalized spacial score (nSPS) is 14.3. The monoisotopic (exact) mass is 554 g/mol. The number of urea groups is 1. The molecule has 1 fully saturated rings. The number of ether oxygens (including phenoxy) is 2. The largest absolute Gasteiger partial charge is 0.493 e. The van der Waals surface area contributed by atoms with Gasteiger partial charge >= 0.3 is 6.03 Å². The topological polar surface area (TPSA) is 76.9 Å². The molecule has 3 heterocycles. The second kappa shape index (κ2) is 12.3. The molecule has 1 saturated heterocycles. The van der Waals surface area contributed by atoms with Crippen LogP contribution in [-0.4, -0.2) is 53.2 Å². The molecular formula is C30H39ClN4O4. The predicted molar refractivity (Wildman–Crippen MR) is 155 cm³/mol. The van der Waals surface area contributed by atoms with Crippen molar-refractivity contribution in [1.82, 2.24) is 14.5 Å². The molecule has 0 saturated carbocycles. The van der Waals surface area contributed by atoms with Crippen LogP contribution in [-0.2, 0) is 6.54 Å². The van der Waals surface area contributed by atoms with Crippen molar-refractivity contribution in [1.29, 1.82) is 0 Å². The van der Waals surface area contributed by atoms with Gasteiger partial charge in [-0.05, 0) is 42.0 Å². The molecule has 39 heavy (non-hydrogen) atoms. The zero-order chi connectivity index (χ0) is 28.2. The Morgan fingerprint density at radius 1 is 1.13 bits per heavy atom. The summed E-state index contributed by atoms with van der Waals surface area (Å²) in [6.07, 6.45) is 7.68. The van der Waals surface area contributed by atoms with Gasteiger partial charge in [-0.25, -0.2) is 9.78 Å². The highest BCUT2D eigenvalue weighted by atomic mass is 35.5. The third-order valence-electron chi connectivity index (χ3n) is 6.81. The Hall–Kier alpha value is -3.26. The Bertz CT molecular complexity index is 1330. The average molecular weight is 555 g/mol. The van der Waals surface area contributed by atoms with E-state index in [1.54, 1.807) is 24.4 Å². The molecule has 2 aromatic heterocycles. The zero-order valence-electron chi connectivity index (χ0n) is 23.6. The van der Waals surface area contributed by atoms with Gasteiger partial charge in [-0.3, -0.25) is 14.3 Å².